The standard InChI is InChI=1S/C63H54N6O12/c1-4-55(70)78-30-12-11-29-77-54-26-23-42-33-48(20-17-45(42)39-54)60-66-63(81-69-60)51-35-49(61-64-58(67-79-61)46-18-15-43-37-52(24-21-40(43)31-46)75-27-9-7-13-56(71)73-5-2)34-50(36-51)62-65-59(68-80-62)47-19-16-44-38-53(25-22-41(44)32-47)76-28-10-8-14-57(72)74-6-3/h4-6,15-26,31-39H,1-3,7-14,27-30H2. The summed E-state index contributed by atoms with van der Waals surface area (Å²) in [7, 11) is 0. The predicted octanol–water partition coefficient (Wildman–Crippen LogP) is 13.7. The summed E-state index contributed by atoms with van der Waals surface area (Å²) in [6.45, 7) is 11.9. The fourth-order valence-electron chi connectivity index (χ4n) is 8.78. The number of benzene rings is 7. The summed E-state index contributed by atoms with van der Waals surface area (Å²) in [5, 5.41) is 18.9. The van der Waals surface area contributed by atoms with E-state index in [2.05, 4.69) is 35.2 Å². The second-order valence-electron chi connectivity index (χ2n) is 18.6. The molecule has 81 heavy (non-hydrogen) atoms. The first-order valence-electron chi connectivity index (χ1n) is 26.3. The minimum absolute atomic E-state index is 0.215. The number of hydrogen-bond donors (Lipinski definition) is 0. The van der Waals surface area contributed by atoms with Gasteiger partial charge in [-0.15, -0.1) is 0 Å². The molecule has 0 unspecified atom stereocenters. The molecule has 0 aliphatic carbocycles. The quantitative estimate of drug-likeness (QED) is 0.0153. The van der Waals surface area contributed by atoms with E-state index in [4.69, 9.17) is 56.9 Å². The molecule has 10 aromatic rings. The Kier molecular flexibility index (Phi) is 17.3. The van der Waals surface area contributed by atoms with Crippen LogP contribution in [-0.2, 0) is 28.6 Å². The summed E-state index contributed by atoms with van der Waals surface area (Å²) < 4.78 is 50.4. The van der Waals surface area contributed by atoms with Crippen LogP contribution in [0.5, 0.6) is 17.2 Å². The Morgan fingerprint density at radius 2 is 0.728 bits per heavy atom. The summed E-state index contributed by atoms with van der Waals surface area (Å²) in [6, 6.07) is 40.6. The van der Waals surface area contributed by atoms with Gasteiger partial charge in [-0.3, -0.25) is 9.59 Å². The van der Waals surface area contributed by atoms with Crippen molar-refractivity contribution in [3.05, 3.63) is 166 Å². The molecule has 0 N–H and O–H groups in total. The van der Waals surface area contributed by atoms with Gasteiger partial charge in [-0.05, 0) is 144 Å². The Hall–Kier alpha value is -10.2. The monoisotopic (exact) mass is 1090 g/mol. The van der Waals surface area contributed by atoms with Crippen molar-refractivity contribution in [2.24, 2.45) is 0 Å². The Morgan fingerprint density at radius 3 is 1.09 bits per heavy atom. The van der Waals surface area contributed by atoms with E-state index in [0.29, 0.717) is 117 Å². The lowest BCUT2D eigenvalue weighted by molar-refractivity contribution is -0.139. The zero-order valence-electron chi connectivity index (χ0n) is 44.0. The number of hydrogen-bond acceptors (Lipinski definition) is 18. The minimum atomic E-state index is -0.438. The van der Waals surface area contributed by atoms with Crippen LogP contribution in [0, 0.1) is 0 Å². The van der Waals surface area contributed by atoms with Crippen molar-refractivity contribution >= 4 is 50.2 Å². The van der Waals surface area contributed by atoms with Gasteiger partial charge in [0, 0.05) is 52.3 Å². The number of carbonyl (C=O) groups excluding carboxylic acids is 3. The lowest BCUT2D eigenvalue weighted by Crippen LogP contribution is -2.04. The molecule has 0 amide bonds. The molecule has 3 aromatic heterocycles. The van der Waals surface area contributed by atoms with Crippen molar-refractivity contribution in [3.8, 4) is 85.8 Å². The average molecular weight is 1090 g/mol. The molecule has 0 saturated heterocycles. The highest BCUT2D eigenvalue weighted by atomic mass is 16.5. The third-order valence-electron chi connectivity index (χ3n) is 12.9. The van der Waals surface area contributed by atoms with Crippen molar-refractivity contribution in [2.75, 3.05) is 26.4 Å². The van der Waals surface area contributed by atoms with Gasteiger partial charge < -0.3 is 42.0 Å². The van der Waals surface area contributed by atoms with Crippen molar-refractivity contribution in [3.63, 3.8) is 0 Å². The molecular formula is C63H54N6O12. The van der Waals surface area contributed by atoms with Gasteiger partial charge in [0.2, 0.25) is 17.5 Å². The SMILES string of the molecule is C=COC(=O)CCCCOc1ccc2cc(-c3noc(-c4cc(-c5nc(-c6ccc7cc(OCCCCOC(=O)C=C)ccc7c6)no5)cc(-c5nc(-c6ccc7cc(OCCCCC(=O)OC=C)ccc7c6)no5)c4)n3)ccc2c1. The van der Waals surface area contributed by atoms with E-state index in [1.165, 1.54) is 0 Å². The summed E-state index contributed by atoms with van der Waals surface area (Å²) in [5.74, 6) is 2.83. The Balaban J connectivity index is 0.883. The number of unbranched alkanes of at least 4 members (excludes halogenated alkanes) is 3. The Morgan fingerprint density at radius 1 is 0.395 bits per heavy atom. The van der Waals surface area contributed by atoms with Crippen LogP contribution in [0.3, 0.4) is 0 Å². The second-order valence-corrected chi connectivity index (χ2v) is 18.6. The third kappa shape index (κ3) is 13.9. The zero-order valence-corrected chi connectivity index (χ0v) is 44.0. The molecule has 408 valence electrons. The first kappa shape index (κ1) is 54.1. The highest BCUT2D eigenvalue weighted by molar-refractivity contribution is 5.90. The molecule has 0 aliphatic heterocycles. The molecule has 10 rings (SSSR count). The Bertz CT molecular complexity index is 3750. The van der Waals surface area contributed by atoms with Crippen LogP contribution in [0.25, 0.3) is 101 Å². The van der Waals surface area contributed by atoms with E-state index in [0.717, 1.165) is 79.8 Å². The summed E-state index contributed by atoms with van der Waals surface area (Å²) in [6.07, 6.45) is 8.07. The number of ether oxygens (including phenoxy) is 6. The van der Waals surface area contributed by atoms with E-state index in [1.807, 2.05) is 127 Å². The van der Waals surface area contributed by atoms with Gasteiger partial charge in [-0.25, -0.2) is 4.79 Å². The summed E-state index contributed by atoms with van der Waals surface area (Å²) in [4.78, 5) is 49.1. The fourth-order valence-corrected chi connectivity index (χ4v) is 8.78. The first-order valence-corrected chi connectivity index (χ1v) is 26.3. The van der Waals surface area contributed by atoms with Gasteiger partial charge in [-0.2, -0.15) is 15.0 Å². The number of fused-ring (bicyclic) bond motifs is 3. The fraction of sp³-hybridized carbons (Fsp3) is 0.190. The van der Waals surface area contributed by atoms with Crippen LogP contribution >= 0.6 is 0 Å². The second kappa shape index (κ2) is 25.9. The molecule has 0 saturated carbocycles. The van der Waals surface area contributed by atoms with Gasteiger partial charge in [0.15, 0.2) is 0 Å². The molecule has 0 atom stereocenters. The molecule has 0 spiro atoms. The first-order chi connectivity index (χ1) is 39.7. The number of rotatable bonds is 27. The van der Waals surface area contributed by atoms with Crippen LogP contribution in [0.4, 0.5) is 0 Å². The van der Waals surface area contributed by atoms with Gasteiger partial charge in [0.05, 0.1) is 39.0 Å². The molecule has 18 heteroatoms. The molecule has 0 aliphatic rings. The molecule has 0 bridgehead atoms. The van der Waals surface area contributed by atoms with E-state index in [9.17, 15) is 14.4 Å². The maximum Gasteiger partial charge on any atom is 0.330 e. The van der Waals surface area contributed by atoms with Crippen molar-refractivity contribution < 1.29 is 56.4 Å². The topological polar surface area (TPSA) is 223 Å². The van der Waals surface area contributed by atoms with Crippen molar-refractivity contribution in [2.45, 2.75) is 51.4 Å². The maximum atomic E-state index is 11.6. The van der Waals surface area contributed by atoms with Crippen LogP contribution in [0.15, 0.2) is 179 Å². The largest absolute Gasteiger partial charge is 0.494 e. The maximum absolute atomic E-state index is 11.6. The molecular weight excluding hydrogens is 1030 g/mol. The number of carbonyl (C=O) groups is 3. The summed E-state index contributed by atoms with van der Waals surface area (Å²) >= 11 is 0. The van der Waals surface area contributed by atoms with E-state index in [-0.39, 0.29) is 29.6 Å². The number of aromatic nitrogens is 6. The summed E-state index contributed by atoms with van der Waals surface area (Å²) in [5.41, 5.74) is 3.78. The molecule has 0 radical (unpaired) electrons. The van der Waals surface area contributed by atoms with Crippen LogP contribution in [0.2, 0.25) is 0 Å². The number of esters is 3. The average Bonchev–Trinajstić information content (AvgIpc) is 4.44. The molecule has 18 nitrogen and oxygen atoms in total. The normalized spacial score (nSPS) is 11.1. The molecule has 0 fully saturated rings. The minimum Gasteiger partial charge on any atom is -0.494 e. The van der Waals surface area contributed by atoms with Gasteiger partial charge >= 0.3 is 17.9 Å². The van der Waals surface area contributed by atoms with E-state index in [1.54, 1.807) is 0 Å². The van der Waals surface area contributed by atoms with Crippen LogP contribution < -0.4 is 14.2 Å². The number of nitrogens with zero attached hydrogens (tertiary/aromatic N) is 6. The zero-order chi connectivity index (χ0) is 55.9. The van der Waals surface area contributed by atoms with Crippen LogP contribution in [0.1, 0.15) is 51.4 Å². The molecule has 3 heterocycles. The highest BCUT2D eigenvalue weighted by Crippen LogP contribution is 2.36. The van der Waals surface area contributed by atoms with Crippen LogP contribution in [-0.4, -0.2) is 74.8 Å². The van der Waals surface area contributed by atoms with Crippen molar-refractivity contribution in [1.29, 1.82) is 0 Å². The van der Waals surface area contributed by atoms with E-state index < -0.39 is 5.97 Å². The highest BCUT2D eigenvalue weighted by Gasteiger charge is 2.21. The third-order valence-corrected chi connectivity index (χ3v) is 12.9. The predicted molar refractivity (Wildman–Crippen MR) is 302 cm³/mol. The van der Waals surface area contributed by atoms with Gasteiger partial charge in [-0.1, -0.05) is 89.8 Å². The molecule has 7 aromatic carbocycles. The van der Waals surface area contributed by atoms with E-state index >= 15 is 0 Å². The van der Waals surface area contributed by atoms with Crippen molar-refractivity contribution in [1.82, 2.24) is 30.4 Å². The van der Waals surface area contributed by atoms with Gasteiger partial charge in [0.25, 0.3) is 17.7 Å². The lowest BCUT2D eigenvalue weighted by Gasteiger charge is -2.08. The van der Waals surface area contributed by atoms with Gasteiger partial charge in [0.1, 0.15) is 17.2 Å². The lowest BCUT2D eigenvalue weighted by atomic mass is 10.0. The Labute approximate surface area is 464 Å². The smallest absolute Gasteiger partial charge is 0.330 e.